The van der Waals surface area contributed by atoms with Crippen LogP contribution in [-0.2, 0) is 0 Å². The highest BCUT2D eigenvalue weighted by Crippen LogP contribution is 2.27. The Kier molecular flexibility index (Phi) is 8.49. The van der Waals surface area contributed by atoms with Crippen molar-refractivity contribution in [3.63, 3.8) is 0 Å². The van der Waals surface area contributed by atoms with Gasteiger partial charge in [0.25, 0.3) is 0 Å². The Morgan fingerprint density at radius 2 is 1.95 bits per heavy atom. The topological polar surface area (TPSA) is 45.7 Å². The van der Waals surface area contributed by atoms with Gasteiger partial charge in [0, 0.05) is 20.1 Å². The molecule has 0 saturated heterocycles. The molecule has 1 aromatic carbocycles. The molecule has 0 unspecified atom stereocenters. The van der Waals surface area contributed by atoms with Gasteiger partial charge in [-0.1, -0.05) is 17.7 Å². The van der Waals surface area contributed by atoms with E-state index in [0.717, 1.165) is 43.7 Å². The first-order valence-corrected chi connectivity index (χ1v) is 7.42. The molecular formula is C16H26IN3O. The SMILES string of the molecule is CN=C(NCCCOc1ccc(C)cc1)NCC1CC1.I. The monoisotopic (exact) mass is 403 g/mol. The summed E-state index contributed by atoms with van der Waals surface area (Å²) in [6, 6.07) is 8.16. The summed E-state index contributed by atoms with van der Waals surface area (Å²) in [5.74, 6) is 2.69. The van der Waals surface area contributed by atoms with Crippen molar-refractivity contribution in [1.29, 1.82) is 0 Å². The minimum Gasteiger partial charge on any atom is -0.494 e. The van der Waals surface area contributed by atoms with Gasteiger partial charge in [-0.2, -0.15) is 0 Å². The zero-order valence-electron chi connectivity index (χ0n) is 12.9. The first-order valence-electron chi connectivity index (χ1n) is 7.42. The maximum absolute atomic E-state index is 5.68. The van der Waals surface area contributed by atoms with Crippen LogP contribution in [0.3, 0.4) is 0 Å². The maximum Gasteiger partial charge on any atom is 0.190 e. The van der Waals surface area contributed by atoms with Crippen LogP contribution >= 0.6 is 24.0 Å². The standard InChI is InChI=1S/C16H25N3O.HI/c1-13-4-8-15(9-5-13)20-11-3-10-18-16(17-2)19-12-14-6-7-14;/h4-5,8-9,14H,3,6-7,10-12H2,1-2H3,(H2,17,18,19);1H. The quantitative estimate of drug-likeness (QED) is 0.319. The second kappa shape index (κ2) is 9.87. The van der Waals surface area contributed by atoms with Crippen molar-refractivity contribution in [1.82, 2.24) is 10.6 Å². The number of nitrogens with one attached hydrogen (secondary N) is 2. The van der Waals surface area contributed by atoms with Gasteiger partial charge >= 0.3 is 0 Å². The smallest absolute Gasteiger partial charge is 0.190 e. The van der Waals surface area contributed by atoms with Crippen LogP contribution in [0.1, 0.15) is 24.8 Å². The number of ether oxygens (including phenoxy) is 1. The van der Waals surface area contributed by atoms with Gasteiger partial charge in [0.05, 0.1) is 6.61 Å². The van der Waals surface area contributed by atoms with Crippen molar-refractivity contribution in [3.8, 4) is 5.75 Å². The Morgan fingerprint density at radius 3 is 2.57 bits per heavy atom. The largest absolute Gasteiger partial charge is 0.494 e. The molecule has 1 aromatic rings. The van der Waals surface area contributed by atoms with Crippen LogP contribution in [-0.4, -0.2) is 32.7 Å². The predicted octanol–water partition coefficient (Wildman–Crippen LogP) is 2.96. The van der Waals surface area contributed by atoms with Gasteiger partial charge in [0.2, 0.25) is 0 Å². The summed E-state index contributed by atoms with van der Waals surface area (Å²) in [7, 11) is 1.81. The predicted molar refractivity (Wildman–Crippen MR) is 98.8 cm³/mol. The van der Waals surface area contributed by atoms with Crippen molar-refractivity contribution in [2.45, 2.75) is 26.2 Å². The summed E-state index contributed by atoms with van der Waals surface area (Å²) >= 11 is 0. The Bertz CT molecular complexity index is 430. The van der Waals surface area contributed by atoms with E-state index < -0.39 is 0 Å². The third kappa shape index (κ3) is 7.55. The second-order valence-corrected chi connectivity index (χ2v) is 5.34. The number of halogens is 1. The Hall–Kier alpha value is -0.980. The Labute approximate surface area is 144 Å². The highest BCUT2D eigenvalue weighted by atomic mass is 127. The number of rotatable bonds is 7. The van der Waals surface area contributed by atoms with Crippen LogP contribution in [0.15, 0.2) is 29.3 Å². The highest BCUT2D eigenvalue weighted by Gasteiger charge is 2.20. The normalized spacial score (nSPS) is 14.3. The molecule has 0 atom stereocenters. The third-order valence-corrected chi connectivity index (χ3v) is 3.38. The van der Waals surface area contributed by atoms with E-state index in [-0.39, 0.29) is 24.0 Å². The number of benzene rings is 1. The molecule has 0 radical (unpaired) electrons. The molecule has 1 fully saturated rings. The molecule has 0 bridgehead atoms. The summed E-state index contributed by atoms with van der Waals surface area (Å²) in [6.45, 7) is 4.71. The van der Waals surface area contributed by atoms with Gasteiger partial charge in [-0.25, -0.2) is 0 Å². The average molecular weight is 403 g/mol. The van der Waals surface area contributed by atoms with E-state index in [2.05, 4.69) is 34.7 Å². The third-order valence-electron chi connectivity index (χ3n) is 3.38. The lowest BCUT2D eigenvalue weighted by Gasteiger charge is -2.11. The zero-order chi connectivity index (χ0) is 14.2. The fourth-order valence-corrected chi connectivity index (χ4v) is 1.89. The second-order valence-electron chi connectivity index (χ2n) is 5.34. The van der Waals surface area contributed by atoms with E-state index in [1.54, 1.807) is 0 Å². The van der Waals surface area contributed by atoms with Gasteiger partial charge in [0.1, 0.15) is 5.75 Å². The number of hydrogen-bond acceptors (Lipinski definition) is 2. The van der Waals surface area contributed by atoms with E-state index in [4.69, 9.17) is 4.74 Å². The molecule has 4 nitrogen and oxygen atoms in total. The molecule has 2 N–H and O–H groups in total. The first-order chi connectivity index (χ1) is 9.78. The van der Waals surface area contributed by atoms with Crippen molar-refractivity contribution in [2.24, 2.45) is 10.9 Å². The Balaban J connectivity index is 0.00000220. The molecule has 1 saturated carbocycles. The molecule has 1 aliphatic rings. The van der Waals surface area contributed by atoms with Crippen LogP contribution in [0, 0.1) is 12.8 Å². The zero-order valence-corrected chi connectivity index (χ0v) is 15.2. The van der Waals surface area contributed by atoms with E-state index in [0.29, 0.717) is 0 Å². The number of hydrogen-bond donors (Lipinski definition) is 2. The summed E-state index contributed by atoms with van der Waals surface area (Å²) in [5.41, 5.74) is 1.25. The average Bonchev–Trinajstić information content (AvgIpc) is 3.28. The van der Waals surface area contributed by atoms with Gasteiger partial charge in [-0.05, 0) is 44.2 Å². The lowest BCUT2D eigenvalue weighted by Crippen LogP contribution is -2.39. The molecule has 21 heavy (non-hydrogen) atoms. The van der Waals surface area contributed by atoms with Crippen molar-refractivity contribution in [2.75, 3.05) is 26.7 Å². The maximum atomic E-state index is 5.68. The van der Waals surface area contributed by atoms with Crippen LogP contribution < -0.4 is 15.4 Å². The number of aryl methyl sites for hydroxylation is 1. The molecule has 0 aliphatic heterocycles. The lowest BCUT2D eigenvalue weighted by molar-refractivity contribution is 0.311. The Morgan fingerprint density at radius 1 is 1.24 bits per heavy atom. The highest BCUT2D eigenvalue weighted by molar-refractivity contribution is 14.0. The number of aliphatic imine (C=N–C) groups is 1. The molecule has 5 heteroatoms. The molecule has 2 rings (SSSR count). The van der Waals surface area contributed by atoms with Crippen LogP contribution in [0.25, 0.3) is 0 Å². The van der Waals surface area contributed by atoms with Crippen LogP contribution in [0.4, 0.5) is 0 Å². The fraction of sp³-hybridized carbons (Fsp3) is 0.562. The van der Waals surface area contributed by atoms with Crippen molar-refractivity contribution in [3.05, 3.63) is 29.8 Å². The summed E-state index contributed by atoms with van der Waals surface area (Å²) in [4.78, 5) is 4.21. The summed E-state index contributed by atoms with van der Waals surface area (Å²) in [6.07, 6.45) is 3.67. The lowest BCUT2D eigenvalue weighted by atomic mass is 10.2. The fourth-order valence-electron chi connectivity index (χ4n) is 1.89. The molecule has 118 valence electrons. The van der Waals surface area contributed by atoms with Gasteiger partial charge in [-0.15, -0.1) is 24.0 Å². The van der Waals surface area contributed by atoms with Gasteiger partial charge in [0.15, 0.2) is 5.96 Å². The summed E-state index contributed by atoms with van der Waals surface area (Å²) in [5, 5.41) is 6.65. The van der Waals surface area contributed by atoms with E-state index >= 15 is 0 Å². The first kappa shape index (κ1) is 18.1. The molecule has 0 spiro atoms. The molecule has 0 aromatic heterocycles. The van der Waals surface area contributed by atoms with E-state index in [1.807, 2.05) is 19.2 Å². The van der Waals surface area contributed by atoms with E-state index in [9.17, 15) is 0 Å². The van der Waals surface area contributed by atoms with E-state index in [1.165, 1.54) is 18.4 Å². The van der Waals surface area contributed by atoms with Gasteiger partial charge < -0.3 is 15.4 Å². The molecule has 1 aliphatic carbocycles. The minimum atomic E-state index is 0. The molecule has 0 amide bonds. The van der Waals surface area contributed by atoms with Crippen LogP contribution in [0.5, 0.6) is 5.75 Å². The van der Waals surface area contributed by atoms with Crippen LogP contribution in [0.2, 0.25) is 0 Å². The van der Waals surface area contributed by atoms with Crippen molar-refractivity contribution >= 4 is 29.9 Å². The van der Waals surface area contributed by atoms with Gasteiger partial charge in [-0.3, -0.25) is 4.99 Å². The number of nitrogens with zero attached hydrogens (tertiary/aromatic N) is 1. The molecule has 0 heterocycles. The van der Waals surface area contributed by atoms with Crippen molar-refractivity contribution < 1.29 is 4.74 Å². The molecular weight excluding hydrogens is 377 g/mol. The minimum absolute atomic E-state index is 0. The number of guanidine groups is 1. The summed E-state index contributed by atoms with van der Waals surface area (Å²) < 4.78 is 5.68.